The molecule has 0 heterocycles. The summed E-state index contributed by atoms with van der Waals surface area (Å²) < 4.78 is 5.84. The lowest BCUT2D eigenvalue weighted by Gasteiger charge is -2.24. The molecule has 3 N–H and O–H groups in total. The summed E-state index contributed by atoms with van der Waals surface area (Å²) in [4.78, 5) is 25.7. The van der Waals surface area contributed by atoms with Crippen LogP contribution in [0.5, 0.6) is 0 Å². The molecule has 0 fully saturated rings. The highest BCUT2D eigenvalue weighted by molar-refractivity contribution is 5.77. The van der Waals surface area contributed by atoms with Gasteiger partial charge in [-0.3, -0.25) is 9.59 Å². The third-order valence-corrected chi connectivity index (χ3v) is 9.94. The number of amides is 1. The first-order valence-corrected chi connectivity index (χ1v) is 21.3. The first-order valence-electron chi connectivity index (χ1n) is 21.3. The number of ether oxygens (including phenoxy) is 1. The van der Waals surface area contributed by atoms with Gasteiger partial charge in [0.25, 0.3) is 0 Å². The maximum Gasteiger partial charge on any atom is 0.306 e. The summed E-state index contributed by atoms with van der Waals surface area (Å²) in [5.74, 6) is -0.470. The molecule has 286 valence electrons. The molecule has 0 aromatic rings. The predicted molar refractivity (Wildman–Crippen MR) is 204 cm³/mol. The van der Waals surface area contributed by atoms with Crippen molar-refractivity contribution in [2.45, 2.75) is 251 Å². The van der Waals surface area contributed by atoms with Crippen molar-refractivity contribution in [3.05, 3.63) is 0 Å². The van der Waals surface area contributed by atoms with Gasteiger partial charge < -0.3 is 20.3 Å². The number of esters is 1. The molecule has 0 spiro atoms. The second-order valence-electron chi connectivity index (χ2n) is 14.8. The zero-order chi connectivity index (χ0) is 35.3. The maximum atomic E-state index is 13.0. The van der Waals surface area contributed by atoms with E-state index in [0.29, 0.717) is 19.3 Å². The van der Waals surface area contributed by atoms with E-state index in [1.807, 2.05) is 0 Å². The van der Waals surface area contributed by atoms with E-state index in [9.17, 15) is 19.8 Å². The molecule has 0 aliphatic carbocycles. The molecule has 6 heteroatoms. The van der Waals surface area contributed by atoms with Gasteiger partial charge in [0, 0.05) is 6.42 Å². The van der Waals surface area contributed by atoms with Crippen molar-refractivity contribution < 1.29 is 24.5 Å². The fourth-order valence-electron chi connectivity index (χ4n) is 6.67. The highest BCUT2D eigenvalue weighted by Gasteiger charge is 2.24. The standard InChI is InChI=1S/C42H83NO5/c1-4-7-10-13-16-18-19-20-21-23-25-28-31-34-40(45)39(37-44)43-41(46)36-38(33-30-27-24-15-12-9-6-3)48-42(47)35-32-29-26-22-17-14-11-8-5-2/h38-40,44-45H,4-37H2,1-3H3,(H,43,46). The van der Waals surface area contributed by atoms with E-state index in [0.717, 1.165) is 44.9 Å². The Morgan fingerprint density at radius 3 is 1.27 bits per heavy atom. The van der Waals surface area contributed by atoms with Crippen LogP contribution in [-0.4, -0.2) is 46.9 Å². The van der Waals surface area contributed by atoms with Crippen LogP contribution in [0.15, 0.2) is 0 Å². The molecule has 0 radical (unpaired) electrons. The molecule has 0 bridgehead atoms. The number of nitrogens with one attached hydrogen (secondary N) is 1. The van der Waals surface area contributed by atoms with Crippen LogP contribution >= 0.6 is 0 Å². The predicted octanol–water partition coefficient (Wildman–Crippen LogP) is 11.7. The zero-order valence-electron chi connectivity index (χ0n) is 32.4. The Morgan fingerprint density at radius 2 is 0.875 bits per heavy atom. The van der Waals surface area contributed by atoms with Crippen LogP contribution in [0.2, 0.25) is 0 Å². The number of carbonyl (C=O) groups excluding carboxylic acids is 2. The lowest BCUT2D eigenvalue weighted by Crippen LogP contribution is -2.46. The largest absolute Gasteiger partial charge is 0.462 e. The van der Waals surface area contributed by atoms with E-state index in [1.54, 1.807) is 0 Å². The number of hydrogen-bond acceptors (Lipinski definition) is 5. The van der Waals surface area contributed by atoms with Crippen LogP contribution in [0.3, 0.4) is 0 Å². The second kappa shape index (κ2) is 37.1. The topological polar surface area (TPSA) is 95.9 Å². The van der Waals surface area contributed by atoms with Gasteiger partial charge in [0.1, 0.15) is 6.10 Å². The molecule has 3 unspecified atom stereocenters. The van der Waals surface area contributed by atoms with Crippen molar-refractivity contribution in [1.82, 2.24) is 5.32 Å². The average molecular weight is 682 g/mol. The summed E-state index contributed by atoms with van der Waals surface area (Å²) in [5.41, 5.74) is 0. The van der Waals surface area contributed by atoms with E-state index in [2.05, 4.69) is 26.1 Å². The Morgan fingerprint density at radius 1 is 0.521 bits per heavy atom. The summed E-state index contributed by atoms with van der Waals surface area (Å²) >= 11 is 0. The SMILES string of the molecule is CCCCCCCCCCCCCCCC(O)C(CO)NC(=O)CC(CCCCCCCCC)OC(=O)CCCCCCCCCCC. The highest BCUT2D eigenvalue weighted by Crippen LogP contribution is 2.17. The summed E-state index contributed by atoms with van der Waals surface area (Å²) in [7, 11) is 0. The van der Waals surface area contributed by atoms with Crippen LogP contribution in [0.25, 0.3) is 0 Å². The Balaban J connectivity index is 4.42. The number of aliphatic hydroxyl groups excluding tert-OH is 2. The summed E-state index contributed by atoms with van der Waals surface area (Å²) in [5, 5.41) is 23.5. The molecule has 0 aromatic carbocycles. The number of unbranched alkanes of at least 4 members (excludes halogenated alkanes) is 26. The molecule has 0 aromatic heterocycles. The summed E-state index contributed by atoms with van der Waals surface area (Å²) in [6.07, 6.45) is 36.0. The Kier molecular flexibility index (Phi) is 36.2. The zero-order valence-corrected chi connectivity index (χ0v) is 32.4. The van der Waals surface area contributed by atoms with Crippen LogP contribution in [0.4, 0.5) is 0 Å². The monoisotopic (exact) mass is 682 g/mol. The second-order valence-corrected chi connectivity index (χ2v) is 14.8. The highest BCUT2D eigenvalue weighted by atomic mass is 16.5. The molecular formula is C42H83NO5. The van der Waals surface area contributed by atoms with Crippen molar-refractivity contribution in [2.24, 2.45) is 0 Å². The molecule has 1 amide bonds. The number of carbonyl (C=O) groups is 2. The minimum atomic E-state index is -0.776. The minimum Gasteiger partial charge on any atom is -0.462 e. The molecule has 0 aliphatic rings. The molecular weight excluding hydrogens is 598 g/mol. The Labute approximate surface area is 298 Å². The summed E-state index contributed by atoms with van der Waals surface area (Å²) in [6.45, 7) is 6.42. The summed E-state index contributed by atoms with van der Waals surface area (Å²) in [6, 6.07) is -0.688. The molecule has 0 saturated heterocycles. The number of rotatable bonds is 38. The van der Waals surface area contributed by atoms with Crippen LogP contribution in [-0.2, 0) is 14.3 Å². The lowest BCUT2D eigenvalue weighted by molar-refractivity contribution is -0.151. The number of hydrogen-bond donors (Lipinski definition) is 3. The Bertz CT molecular complexity index is 687. The molecule has 3 atom stereocenters. The first kappa shape index (κ1) is 46.9. The van der Waals surface area contributed by atoms with Crippen LogP contribution < -0.4 is 5.32 Å². The van der Waals surface area contributed by atoms with Gasteiger partial charge in [-0.25, -0.2) is 0 Å². The third kappa shape index (κ3) is 32.1. The fourth-order valence-corrected chi connectivity index (χ4v) is 6.67. The fraction of sp³-hybridized carbons (Fsp3) is 0.952. The van der Waals surface area contributed by atoms with Crippen molar-refractivity contribution in [3.63, 3.8) is 0 Å². The van der Waals surface area contributed by atoms with Crippen molar-refractivity contribution in [3.8, 4) is 0 Å². The lowest BCUT2D eigenvalue weighted by atomic mass is 10.0. The van der Waals surface area contributed by atoms with Gasteiger partial charge in [0.05, 0.1) is 25.2 Å². The molecule has 0 aliphatic heterocycles. The van der Waals surface area contributed by atoms with Gasteiger partial charge in [-0.05, 0) is 25.7 Å². The average Bonchev–Trinajstić information content (AvgIpc) is 3.07. The Hall–Kier alpha value is -1.14. The van der Waals surface area contributed by atoms with E-state index in [1.165, 1.54) is 141 Å². The number of aliphatic hydroxyl groups is 2. The van der Waals surface area contributed by atoms with Gasteiger partial charge >= 0.3 is 5.97 Å². The van der Waals surface area contributed by atoms with Crippen molar-refractivity contribution >= 4 is 11.9 Å². The molecule has 0 rings (SSSR count). The molecule has 48 heavy (non-hydrogen) atoms. The molecule has 0 saturated carbocycles. The maximum absolute atomic E-state index is 13.0. The van der Waals surface area contributed by atoms with Crippen molar-refractivity contribution in [1.29, 1.82) is 0 Å². The van der Waals surface area contributed by atoms with E-state index in [4.69, 9.17) is 4.74 Å². The van der Waals surface area contributed by atoms with Gasteiger partial charge in [-0.15, -0.1) is 0 Å². The van der Waals surface area contributed by atoms with Gasteiger partial charge in [-0.1, -0.05) is 194 Å². The normalized spacial score (nSPS) is 13.4. The van der Waals surface area contributed by atoms with E-state index in [-0.39, 0.29) is 24.9 Å². The van der Waals surface area contributed by atoms with Gasteiger partial charge in [0.2, 0.25) is 5.91 Å². The van der Waals surface area contributed by atoms with Gasteiger partial charge in [-0.2, -0.15) is 0 Å². The third-order valence-electron chi connectivity index (χ3n) is 9.94. The van der Waals surface area contributed by atoms with Crippen LogP contribution in [0, 0.1) is 0 Å². The van der Waals surface area contributed by atoms with Gasteiger partial charge in [0.15, 0.2) is 0 Å². The van der Waals surface area contributed by atoms with E-state index < -0.39 is 18.2 Å². The van der Waals surface area contributed by atoms with Crippen molar-refractivity contribution in [2.75, 3.05) is 6.61 Å². The van der Waals surface area contributed by atoms with E-state index >= 15 is 0 Å². The van der Waals surface area contributed by atoms with Crippen LogP contribution in [0.1, 0.15) is 233 Å². The quantitative estimate of drug-likeness (QED) is 0.0445. The molecule has 6 nitrogen and oxygen atoms in total. The minimum absolute atomic E-state index is 0.0846. The first-order chi connectivity index (χ1) is 23.5. The smallest absolute Gasteiger partial charge is 0.306 e.